The van der Waals surface area contributed by atoms with Crippen molar-refractivity contribution >= 4 is 23.8 Å². The number of carbonyl (C=O) groups excluding carboxylic acids is 2. The second kappa shape index (κ2) is 10.4. The second-order valence-electron chi connectivity index (χ2n) is 8.15. The van der Waals surface area contributed by atoms with Gasteiger partial charge in [-0.15, -0.1) is 0 Å². The van der Waals surface area contributed by atoms with E-state index in [-0.39, 0.29) is 36.9 Å². The van der Waals surface area contributed by atoms with Crippen LogP contribution in [0.5, 0.6) is 0 Å². The van der Waals surface area contributed by atoms with Crippen LogP contribution >= 0.6 is 0 Å². The van der Waals surface area contributed by atoms with E-state index in [1.807, 2.05) is 36.4 Å². The lowest BCUT2D eigenvalue weighted by Crippen LogP contribution is -2.36. The summed E-state index contributed by atoms with van der Waals surface area (Å²) < 4.78 is 12.1. The average molecular weight is 479 g/mol. The Kier molecular flexibility index (Phi) is 7.11. The van der Waals surface area contributed by atoms with Gasteiger partial charge >= 0.3 is 12.1 Å². The standard InChI is InChI=1S/C25H26N4O6/c1-29-23(20(13-27-29)24(31)32)28-22(30)11-15(34-2)12-26-25(33)35-14-21-18-9-5-3-7-16(18)17-8-4-6-10-19(17)21/h3-10,13,15,21H,11-12,14H2,1-2H3,(H,26,33)(H,28,30)(H,31,32). The summed E-state index contributed by atoms with van der Waals surface area (Å²) in [4.78, 5) is 36.1. The number of rotatable bonds is 9. The molecule has 0 radical (unpaired) electrons. The number of aryl methyl sites for hydroxylation is 1. The summed E-state index contributed by atoms with van der Waals surface area (Å²) in [7, 11) is 2.94. The van der Waals surface area contributed by atoms with Gasteiger partial charge in [-0.1, -0.05) is 48.5 Å². The van der Waals surface area contributed by atoms with E-state index in [0.717, 1.165) is 28.5 Å². The summed E-state index contributed by atoms with van der Waals surface area (Å²) in [6, 6.07) is 16.1. The Morgan fingerprint density at radius 1 is 1.09 bits per heavy atom. The van der Waals surface area contributed by atoms with Crippen molar-refractivity contribution in [1.82, 2.24) is 15.1 Å². The smallest absolute Gasteiger partial charge is 0.407 e. The van der Waals surface area contributed by atoms with Crippen LogP contribution in [0.25, 0.3) is 11.1 Å². The molecule has 3 aromatic rings. The van der Waals surface area contributed by atoms with Gasteiger partial charge in [-0.25, -0.2) is 9.59 Å². The van der Waals surface area contributed by atoms with Gasteiger partial charge < -0.3 is 25.2 Å². The van der Waals surface area contributed by atoms with Crippen LogP contribution in [0.2, 0.25) is 0 Å². The Bertz CT molecular complexity index is 1210. The van der Waals surface area contributed by atoms with Gasteiger partial charge in [0.25, 0.3) is 0 Å². The van der Waals surface area contributed by atoms with Gasteiger partial charge in [0.05, 0.1) is 18.7 Å². The Morgan fingerprint density at radius 3 is 2.31 bits per heavy atom. The topological polar surface area (TPSA) is 132 Å². The number of nitrogens with one attached hydrogen (secondary N) is 2. The molecule has 4 rings (SSSR count). The predicted molar refractivity (Wildman–Crippen MR) is 127 cm³/mol. The molecule has 10 heteroatoms. The van der Waals surface area contributed by atoms with Crippen LogP contribution in [-0.4, -0.2) is 59.2 Å². The molecule has 1 unspecified atom stereocenters. The molecule has 1 atom stereocenters. The van der Waals surface area contributed by atoms with Crippen molar-refractivity contribution in [3.05, 3.63) is 71.4 Å². The van der Waals surface area contributed by atoms with E-state index in [9.17, 15) is 19.5 Å². The zero-order valence-electron chi connectivity index (χ0n) is 19.4. The van der Waals surface area contributed by atoms with Gasteiger partial charge in [-0.05, 0) is 22.3 Å². The minimum Gasteiger partial charge on any atom is -0.477 e. The van der Waals surface area contributed by atoms with Crippen molar-refractivity contribution in [1.29, 1.82) is 0 Å². The Hall–Kier alpha value is -4.18. The maximum absolute atomic E-state index is 12.4. The van der Waals surface area contributed by atoms with Gasteiger partial charge in [-0.2, -0.15) is 5.10 Å². The third-order valence-corrected chi connectivity index (χ3v) is 5.99. The van der Waals surface area contributed by atoms with Crippen LogP contribution in [0.1, 0.15) is 33.8 Å². The quantitative estimate of drug-likeness (QED) is 0.431. The molecule has 10 nitrogen and oxygen atoms in total. The lowest BCUT2D eigenvalue weighted by Gasteiger charge is -2.18. The van der Waals surface area contributed by atoms with Gasteiger partial charge in [-0.3, -0.25) is 9.48 Å². The van der Waals surface area contributed by atoms with Crippen molar-refractivity contribution in [2.24, 2.45) is 7.05 Å². The maximum atomic E-state index is 12.4. The van der Waals surface area contributed by atoms with E-state index < -0.39 is 24.1 Å². The first-order chi connectivity index (χ1) is 16.9. The number of aromatic carboxylic acids is 1. The number of nitrogens with zero attached hydrogens (tertiary/aromatic N) is 2. The summed E-state index contributed by atoms with van der Waals surface area (Å²) in [5, 5.41) is 18.2. The van der Waals surface area contributed by atoms with E-state index in [0.29, 0.717) is 0 Å². The number of methoxy groups -OCH3 is 1. The number of benzene rings is 2. The first-order valence-corrected chi connectivity index (χ1v) is 11.1. The van der Waals surface area contributed by atoms with Crippen LogP contribution in [0, 0.1) is 0 Å². The lowest BCUT2D eigenvalue weighted by molar-refractivity contribution is -0.118. The number of alkyl carbamates (subject to hydrolysis) is 1. The molecule has 0 spiro atoms. The molecule has 2 amide bonds. The summed E-state index contributed by atoms with van der Waals surface area (Å²) >= 11 is 0. The third-order valence-electron chi connectivity index (χ3n) is 5.99. The third kappa shape index (κ3) is 5.17. The van der Waals surface area contributed by atoms with E-state index in [1.54, 1.807) is 0 Å². The highest BCUT2D eigenvalue weighted by molar-refractivity contribution is 5.99. The summed E-state index contributed by atoms with van der Waals surface area (Å²) in [6.07, 6.45) is -0.208. The average Bonchev–Trinajstić information content (AvgIpc) is 3.38. The molecule has 35 heavy (non-hydrogen) atoms. The second-order valence-corrected chi connectivity index (χ2v) is 8.15. The Balaban J connectivity index is 1.29. The summed E-state index contributed by atoms with van der Waals surface area (Å²) in [5.41, 5.74) is 4.39. The molecule has 1 heterocycles. The molecule has 0 saturated heterocycles. The maximum Gasteiger partial charge on any atom is 0.407 e. The number of carbonyl (C=O) groups is 3. The Morgan fingerprint density at radius 2 is 1.71 bits per heavy atom. The molecule has 1 aliphatic rings. The number of aromatic nitrogens is 2. The fourth-order valence-corrected chi connectivity index (χ4v) is 4.22. The normalized spacial score (nSPS) is 13.0. The largest absolute Gasteiger partial charge is 0.477 e. The minimum atomic E-state index is -1.20. The van der Waals surface area contributed by atoms with Crippen molar-refractivity contribution < 1.29 is 29.0 Å². The molecule has 182 valence electrons. The molecule has 0 bridgehead atoms. The number of fused-ring (bicyclic) bond motifs is 3. The molecule has 2 aromatic carbocycles. The van der Waals surface area contributed by atoms with Crippen molar-refractivity contribution in [3.63, 3.8) is 0 Å². The summed E-state index contributed by atoms with van der Waals surface area (Å²) in [6.45, 7) is 0.216. The van der Waals surface area contributed by atoms with E-state index in [2.05, 4.69) is 27.9 Å². The van der Waals surface area contributed by atoms with Gasteiger partial charge in [0.15, 0.2) is 0 Å². The molecule has 0 saturated carbocycles. The van der Waals surface area contributed by atoms with Crippen LogP contribution in [0.15, 0.2) is 54.7 Å². The molecule has 0 aliphatic heterocycles. The highest BCUT2D eigenvalue weighted by atomic mass is 16.5. The van der Waals surface area contributed by atoms with Crippen molar-refractivity contribution in [3.8, 4) is 11.1 Å². The molecule has 0 fully saturated rings. The number of carboxylic acid groups (broad SMARTS) is 1. The van der Waals surface area contributed by atoms with Crippen molar-refractivity contribution in [2.75, 3.05) is 25.6 Å². The van der Waals surface area contributed by atoms with E-state index >= 15 is 0 Å². The first kappa shape index (κ1) is 24.0. The number of hydrogen-bond acceptors (Lipinski definition) is 6. The monoisotopic (exact) mass is 478 g/mol. The zero-order chi connectivity index (χ0) is 24.9. The number of amides is 2. The minimum absolute atomic E-state index is 0.0395. The van der Waals surface area contributed by atoms with E-state index in [4.69, 9.17) is 9.47 Å². The molecular weight excluding hydrogens is 452 g/mol. The van der Waals surface area contributed by atoms with Gasteiger partial charge in [0.2, 0.25) is 5.91 Å². The van der Waals surface area contributed by atoms with Crippen LogP contribution < -0.4 is 10.6 Å². The van der Waals surface area contributed by atoms with Crippen molar-refractivity contribution in [2.45, 2.75) is 18.4 Å². The Labute approximate surface area is 201 Å². The van der Waals surface area contributed by atoms with Crippen LogP contribution in [0.4, 0.5) is 10.6 Å². The SMILES string of the molecule is COC(CNC(=O)OCC1c2ccccc2-c2ccccc21)CC(=O)Nc1c(C(=O)O)cnn1C. The molecule has 3 N–H and O–H groups in total. The predicted octanol–water partition coefficient (Wildman–Crippen LogP) is 3.00. The lowest BCUT2D eigenvalue weighted by atomic mass is 9.98. The zero-order valence-corrected chi connectivity index (χ0v) is 19.4. The molecular formula is C25H26N4O6. The van der Waals surface area contributed by atoms with Gasteiger partial charge in [0.1, 0.15) is 18.0 Å². The number of hydrogen-bond donors (Lipinski definition) is 3. The molecule has 1 aromatic heterocycles. The number of carboxylic acids is 1. The number of anilines is 1. The fraction of sp³-hybridized carbons (Fsp3) is 0.280. The van der Waals surface area contributed by atoms with E-state index in [1.165, 1.54) is 18.8 Å². The fourth-order valence-electron chi connectivity index (χ4n) is 4.22. The number of ether oxygens (including phenoxy) is 2. The molecule has 1 aliphatic carbocycles. The first-order valence-electron chi connectivity index (χ1n) is 11.1. The highest BCUT2D eigenvalue weighted by Crippen LogP contribution is 2.44. The summed E-state index contributed by atoms with van der Waals surface area (Å²) in [5.74, 6) is -1.66. The highest BCUT2D eigenvalue weighted by Gasteiger charge is 2.29. The van der Waals surface area contributed by atoms with Gasteiger partial charge in [0, 0.05) is 26.6 Å². The van der Waals surface area contributed by atoms with Crippen LogP contribution in [-0.2, 0) is 21.3 Å². The van der Waals surface area contributed by atoms with Crippen LogP contribution in [0.3, 0.4) is 0 Å².